The van der Waals surface area contributed by atoms with Crippen molar-refractivity contribution in [3.63, 3.8) is 0 Å². The van der Waals surface area contributed by atoms with Gasteiger partial charge in [0.2, 0.25) is 5.91 Å². The highest BCUT2D eigenvalue weighted by atomic mass is 19.1. The molecule has 1 heterocycles. The number of benzene rings is 1. The maximum absolute atomic E-state index is 13.2. The minimum atomic E-state index is -0.715. The molecule has 1 aromatic rings. The van der Waals surface area contributed by atoms with Crippen molar-refractivity contribution in [2.45, 2.75) is 6.04 Å². The third-order valence-corrected chi connectivity index (χ3v) is 2.88. The second-order valence-electron chi connectivity index (χ2n) is 4.25. The highest BCUT2D eigenvalue weighted by Gasteiger charge is 2.23. The van der Waals surface area contributed by atoms with Crippen LogP contribution < -0.4 is 10.6 Å². The number of carbonyl (C=O) groups excluding carboxylic acids is 2. The Balaban J connectivity index is 2.15. The molecular formula is C13H15FN2O4. The number of carbonyl (C=O) groups is 2. The van der Waals surface area contributed by atoms with E-state index in [9.17, 15) is 14.0 Å². The summed E-state index contributed by atoms with van der Waals surface area (Å²) in [5.74, 6) is -1.64. The molecule has 0 bridgehead atoms. The minimum absolute atomic E-state index is 0.0300. The number of ether oxygens (including phenoxy) is 2. The Morgan fingerprint density at radius 2 is 2.30 bits per heavy atom. The van der Waals surface area contributed by atoms with Gasteiger partial charge in [0.25, 0.3) is 0 Å². The van der Waals surface area contributed by atoms with Crippen molar-refractivity contribution in [3.8, 4) is 0 Å². The fraction of sp³-hybridized carbons (Fsp3) is 0.385. The Bertz CT molecular complexity index is 515. The zero-order chi connectivity index (χ0) is 14.5. The smallest absolute Gasteiger partial charge is 0.340 e. The van der Waals surface area contributed by atoms with Crippen LogP contribution in [0.3, 0.4) is 0 Å². The lowest BCUT2D eigenvalue weighted by Gasteiger charge is -2.23. The van der Waals surface area contributed by atoms with E-state index in [1.165, 1.54) is 13.2 Å². The zero-order valence-corrected chi connectivity index (χ0v) is 10.9. The number of nitrogens with one attached hydrogen (secondary N) is 2. The Morgan fingerprint density at radius 3 is 2.95 bits per heavy atom. The van der Waals surface area contributed by atoms with Crippen LogP contribution in [0.4, 0.5) is 10.1 Å². The standard InChI is InChI=1S/C13H15FN2O4/c1-19-13(18)9-6-8(14)2-3-10(9)16-12(17)11-7-20-5-4-15-11/h2-3,6,11,15H,4-5,7H2,1H3,(H,16,17). The molecular weight excluding hydrogens is 267 g/mol. The Labute approximate surface area is 115 Å². The monoisotopic (exact) mass is 282 g/mol. The first kappa shape index (κ1) is 14.4. The lowest BCUT2D eigenvalue weighted by molar-refractivity contribution is -0.120. The third kappa shape index (κ3) is 3.31. The van der Waals surface area contributed by atoms with Gasteiger partial charge in [-0.05, 0) is 18.2 Å². The average Bonchev–Trinajstić information content (AvgIpc) is 2.49. The van der Waals surface area contributed by atoms with Gasteiger partial charge in [0, 0.05) is 6.54 Å². The van der Waals surface area contributed by atoms with Crippen molar-refractivity contribution in [2.24, 2.45) is 0 Å². The Kier molecular flexibility index (Phi) is 4.65. The highest BCUT2D eigenvalue weighted by Crippen LogP contribution is 2.18. The maximum Gasteiger partial charge on any atom is 0.340 e. The highest BCUT2D eigenvalue weighted by molar-refractivity contribution is 6.02. The largest absolute Gasteiger partial charge is 0.465 e. The summed E-state index contributed by atoms with van der Waals surface area (Å²) < 4.78 is 22.9. The van der Waals surface area contributed by atoms with Crippen LogP contribution in [0.1, 0.15) is 10.4 Å². The van der Waals surface area contributed by atoms with E-state index in [0.29, 0.717) is 13.2 Å². The molecule has 1 fully saturated rings. The van der Waals surface area contributed by atoms with Gasteiger partial charge in [-0.1, -0.05) is 0 Å². The summed E-state index contributed by atoms with van der Waals surface area (Å²) in [7, 11) is 1.19. The molecule has 1 unspecified atom stereocenters. The van der Waals surface area contributed by atoms with Crippen molar-refractivity contribution in [3.05, 3.63) is 29.6 Å². The van der Waals surface area contributed by atoms with Crippen LogP contribution in [0, 0.1) is 5.82 Å². The second kappa shape index (κ2) is 6.44. The van der Waals surface area contributed by atoms with Crippen molar-refractivity contribution < 1.29 is 23.5 Å². The Morgan fingerprint density at radius 1 is 1.50 bits per heavy atom. The predicted octanol–water partition coefficient (Wildman–Crippen LogP) is 0.539. The number of hydrogen-bond donors (Lipinski definition) is 2. The van der Waals surface area contributed by atoms with Crippen LogP contribution in [0.5, 0.6) is 0 Å². The summed E-state index contributed by atoms with van der Waals surface area (Å²) in [4.78, 5) is 23.6. The van der Waals surface area contributed by atoms with Crippen LogP contribution in [0.15, 0.2) is 18.2 Å². The molecule has 1 amide bonds. The molecule has 1 aliphatic heterocycles. The van der Waals surface area contributed by atoms with Crippen LogP contribution in [0.25, 0.3) is 0 Å². The molecule has 0 aromatic heterocycles. The van der Waals surface area contributed by atoms with Gasteiger partial charge in [-0.25, -0.2) is 9.18 Å². The lowest BCUT2D eigenvalue weighted by Crippen LogP contribution is -2.49. The molecule has 2 rings (SSSR count). The van der Waals surface area contributed by atoms with E-state index < -0.39 is 17.8 Å². The lowest BCUT2D eigenvalue weighted by atomic mass is 10.1. The average molecular weight is 282 g/mol. The van der Waals surface area contributed by atoms with Crippen molar-refractivity contribution in [1.29, 1.82) is 0 Å². The second-order valence-corrected chi connectivity index (χ2v) is 4.25. The third-order valence-electron chi connectivity index (χ3n) is 2.88. The van der Waals surface area contributed by atoms with Gasteiger partial charge in [0.05, 0.1) is 31.6 Å². The first-order valence-corrected chi connectivity index (χ1v) is 6.11. The first-order valence-electron chi connectivity index (χ1n) is 6.11. The Hall–Kier alpha value is -1.99. The minimum Gasteiger partial charge on any atom is -0.465 e. The molecule has 7 heteroatoms. The van der Waals surface area contributed by atoms with E-state index >= 15 is 0 Å². The SMILES string of the molecule is COC(=O)c1cc(F)ccc1NC(=O)C1COCCN1. The van der Waals surface area contributed by atoms with Crippen molar-refractivity contribution in [2.75, 3.05) is 32.2 Å². The van der Waals surface area contributed by atoms with Gasteiger partial charge in [-0.15, -0.1) is 0 Å². The van der Waals surface area contributed by atoms with Crippen LogP contribution in [0.2, 0.25) is 0 Å². The summed E-state index contributed by atoms with van der Waals surface area (Å²) >= 11 is 0. The molecule has 1 saturated heterocycles. The van der Waals surface area contributed by atoms with E-state index in [1.54, 1.807) is 0 Å². The van der Waals surface area contributed by atoms with E-state index in [2.05, 4.69) is 15.4 Å². The zero-order valence-electron chi connectivity index (χ0n) is 10.9. The van der Waals surface area contributed by atoms with E-state index in [1.807, 2.05) is 0 Å². The fourth-order valence-electron chi connectivity index (χ4n) is 1.86. The van der Waals surface area contributed by atoms with Crippen LogP contribution in [-0.4, -0.2) is 44.8 Å². The number of esters is 1. The van der Waals surface area contributed by atoms with Gasteiger partial charge >= 0.3 is 5.97 Å². The summed E-state index contributed by atoms with van der Waals surface area (Å²) in [6.07, 6.45) is 0. The molecule has 1 aromatic carbocycles. The molecule has 0 spiro atoms. The van der Waals surface area contributed by atoms with Gasteiger partial charge in [-0.2, -0.15) is 0 Å². The molecule has 0 aliphatic carbocycles. The van der Waals surface area contributed by atoms with E-state index in [0.717, 1.165) is 12.1 Å². The van der Waals surface area contributed by atoms with Gasteiger partial charge < -0.3 is 20.1 Å². The van der Waals surface area contributed by atoms with Crippen LogP contribution >= 0.6 is 0 Å². The van der Waals surface area contributed by atoms with Gasteiger partial charge in [-0.3, -0.25) is 4.79 Å². The predicted molar refractivity (Wildman–Crippen MR) is 69.0 cm³/mol. The van der Waals surface area contributed by atoms with E-state index in [4.69, 9.17) is 4.74 Å². The first-order chi connectivity index (χ1) is 9.61. The normalized spacial score (nSPS) is 18.4. The topological polar surface area (TPSA) is 76.7 Å². The quantitative estimate of drug-likeness (QED) is 0.791. The summed E-state index contributed by atoms with van der Waals surface area (Å²) in [5.41, 5.74) is 0.174. The maximum atomic E-state index is 13.2. The number of morpholine rings is 1. The molecule has 0 radical (unpaired) electrons. The van der Waals surface area contributed by atoms with Crippen molar-refractivity contribution in [1.82, 2.24) is 5.32 Å². The molecule has 108 valence electrons. The molecule has 1 aliphatic rings. The fourth-order valence-corrected chi connectivity index (χ4v) is 1.86. The van der Waals surface area contributed by atoms with Crippen LogP contribution in [-0.2, 0) is 14.3 Å². The summed E-state index contributed by atoms with van der Waals surface area (Å²) in [6.45, 7) is 1.37. The number of amides is 1. The van der Waals surface area contributed by atoms with Gasteiger partial charge in [0.15, 0.2) is 0 Å². The number of hydrogen-bond acceptors (Lipinski definition) is 5. The van der Waals surface area contributed by atoms with Gasteiger partial charge in [0.1, 0.15) is 11.9 Å². The number of anilines is 1. The molecule has 6 nitrogen and oxygen atoms in total. The number of halogens is 1. The summed E-state index contributed by atoms with van der Waals surface area (Å²) in [5, 5.41) is 5.56. The van der Waals surface area contributed by atoms with Crippen molar-refractivity contribution >= 4 is 17.6 Å². The molecule has 1 atom stereocenters. The summed E-state index contributed by atoms with van der Waals surface area (Å²) in [6, 6.07) is 3.00. The number of methoxy groups -OCH3 is 1. The number of rotatable bonds is 3. The molecule has 0 saturated carbocycles. The molecule has 2 N–H and O–H groups in total. The van der Waals surface area contributed by atoms with E-state index in [-0.39, 0.29) is 23.8 Å². The molecule has 20 heavy (non-hydrogen) atoms.